The molecule has 3 aromatic rings. The van der Waals surface area contributed by atoms with E-state index in [0.717, 1.165) is 29.2 Å². The molecule has 0 bridgehead atoms. The van der Waals surface area contributed by atoms with Crippen molar-refractivity contribution in [3.63, 3.8) is 0 Å². The molecule has 0 unspecified atom stereocenters. The Bertz CT molecular complexity index is 1090. The van der Waals surface area contributed by atoms with E-state index in [1.807, 2.05) is 18.2 Å². The first-order valence-electron chi connectivity index (χ1n) is 10.6. The highest BCUT2D eigenvalue weighted by Crippen LogP contribution is 2.41. The van der Waals surface area contributed by atoms with E-state index in [4.69, 9.17) is 20.9 Å². The van der Waals surface area contributed by atoms with E-state index in [2.05, 4.69) is 38.4 Å². The summed E-state index contributed by atoms with van der Waals surface area (Å²) in [6.07, 6.45) is 5.32. The highest BCUT2D eigenvalue weighted by molar-refractivity contribution is 5.98. The minimum atomic E-state index is 0.188. The Labute approximate surface area is 180 Å². The fourth-order valence-electron chi connectivity index (χ4n) is 4.00. The van der Waals surface area contributed by atoms with Crippen molar-refractivity contribution in [1.82, 2.24) is 20.2 Å². The van der Waals surface area contributed by atoms with Crippen molar-refractivity contribution in [1.29, 1.82) is 5.41 Å². The summed E-state index contributed by atoms with van der Waals surface area (Å²) >= 11 is 0. The van der Waals surface area contributed by atoms with Gasteiger partial charge in [-0.25, -0.2) is 9.97 Å². The molecule has 5 N–H and O–H groups in total. The van der Waals surface area contributed by atoms with Gasteiger partial charge >= 0.3 is 0 Å². The minimum absolute atomic E-state index is 0.188. The molecule has 1 atom stereocenters. The Morgan fingerprint density at radius 3 is 2.81 bits per heavy atom. The summed E-state index contributed by atoms with van der Waals surface area (Å²) < 4.78 is 5.60. The minimum Gasteiger partial charge on any atom is -0.383 e. The van der Waals surface area contributed by atoms with Crippen molar-refractivity contribution in [2.45, 2.75) is 31.7 Å². The van der Waals surface area contributed by atoms with Gasteiger partial charge in [0.25, 0.3) is 0 Å². The Balaban J connectivity index is 1.64. The van der Waals surface area contributed by atoms with Gasteiger partial charge in [-0.15, -0.1) is 0 Å². The van der Waals surface area contributed by atoms with Crippen LogP contribution in [0.25, 0.3) is 11.1 Å². The smallest absolute Gasteiger partial charge is 0.143 e. The number of pyridine rings is 2. The lowest BCUT2D eigenvalue weighted by atomic mass is 10.00. The second-order valence-corrected chi connectivity index (χ2v) is 8.09. The first-order chi connectivity index (χ1) is 15.1. The number of anilines is 4. The lowest BCUT2D eigenvalue weighted by molar-refractivity contribution is 0.0985. The van der Waals surface area contributed by atoms with Crippen LogP contribution in [0.2, 0.25) is 0 Å². The molecule has 1 saturated heterocycles. The fraction of sp³-hybridized carbons (Fsp3) is 0.364. The zero-order valence-electron chi connectivity index (χ0n) is 17.4. The number of nitrogens with one attached hydrogen (secondary N) is 3. The SMILES string of the molecule is C[C@@H]1COCCN1c1cc(-c2ccc(C3CC3)nc2N)c(C=N)c(Nc2ccn[nH]2)n1. The predicted octanol–water partition coefficient (Wildman–Crippen LogP) is 3.29. The molecule has 9 heteroatoms. The van der Waals surface area contributed by atoms with Crippen molar-refractivity contribution < 1.29 is 4.74 Å². The number of nitrogens with zero attached hydrogens (tertiary/aromatic N) is 4. The molecule has 1 aliphatic heterocycles. The molecule has 5 rings (SSSR count). The summed E-state index contributed by atoms with van der Waals surface area (Å²) in [6.45, 7) is 4.16. The number of ether oxygens (including phenoxy) is 1. The molecule has 1 saturated carbocycles. The molecular weight excluding hydrogens is 392 g/mol. The maximum atomic E-state index is 8.12. The molecule has 0 aromatic carbocycles. The number of aromatic nitrogens is 4. The van der Waals surface area contributed by atoms with Crippen molar-refractivity contribution in [2.24, 2.45) is 0 Å². The van der Waals surface area contributed by atoms with Gasteiger partial charge in [0.1, 0.15) is 23.3 Å². The summed E-state index contributed by atoms with van der Waals surface area (Å²) in [5.74, 6) is 3.08. The van der Waals surface area contributed by atoms with Gasteiger partial charge in [-0.05, 0) is 38.0 Å². The molecule has 0 amide bonds. The van der Waals surface area contributed by atoms with Crippen LogP contribution >= 0.6 is 0 Å². The summed E-state index contributed by atoms with van der Waals surface area (Å²) in [5.41, 5.74) is 9.73. The van der Waals surface area contributed by atoms with Crippen molar-refractivity contribution in [2.75, 3.05) is 35.7 Å². The summed E-state index contributed by atoms with van der Waals surface area (Å²) in [6, 6.07) is 8.08. The van der Waals surface area contributed by atoms with E-state index in [0.29, 0.717) is 42.1 Å². The van der Waals surface area contributed by atoms with Gasteiger partial charge in [0.15, 0.2) is 0 Å². The normalized spacial score (nSPS) is 18.7. The number of nitrogens with two attached hydrogens (primary N) is 1. The maximum absolute atomic E-state index is 8.12. The molecule has 0 radical (unpaired) electrons. The van der Waals surface area contributed by atoms with Gasteiger partial charge in [0.2, 0.25) is 0 Å². The Morgan fingerprint density at radius 2 is 2.13 bits per heavy atom. The molecule has 9 nitrogen and oxygen atoms in total. The number of rotatable bonds is 6. The highest BCUT2D eigenvalue weighted by Gasteiger charge is 2.27. The third kappa shape index (κ3) is 3.84. The molecule has 31 heavy (non-hydrogen) atoms. The topological polar surface area (TPSA) is 129 Å². The van der Waals surface area contributed by atoms with Crippen LogP contribution < -0.4 is 16.0 Å². The monoisotopic (exact) mass is 418 g/mol. The molecule has 2 aliphatic rings. The van der Waals surface area contributed by atoms with Crippen LogP contribution in [0.15, 0.2) is 30.5 Å². The molecule has 0 spiro atoms. The largest absolute Gasteiger partial charge is 0.383 e. The number of morpholine rings is 1. The van der Waals surface area contributed by atoms with E-state index >= 15 is 0 Å². The average molecular weight is 419 g/mol. The summed E-state index contributed by atoms with van der Waals surface area (Å²) in [7, 11) is 0. The van der Waals surface area contributed by atoms with Gasteiger partial charge in [-0.3, -0.25) is 5.10 Å². The standard InChI is InChI=1S/C22H26N8O/c1-13-12-31-9-8-30(13)20-10-16(15-4-5-18(14-2-3-14)26-21(15)24)17(11-23)22(28-20)27-19-6-7-25-29-19/h4-7,10-11,13-14,23H,2-3,8-9,12H2,1H3,(H2,24,26)(H2,25,27,28,29)/t13-/m1/s1. The third-order valence-electron chi connectivity index (χ3n) is 5.84. The lowest BCUT2D eigenvalue weighted by Gasteiger charge is -2.35. The van der Waals surface area contributed by atoms with E-state index < -0.39 is 0 Å². The second-order valence-electron chi connectivity index (χ2n) is 8.09. The Hall–Kier alpha value is -3.46. The van der Waals surface area contributed by atoms with Crippen LogP contribution in [0.1, 0.15) is 36.9 Å². The van der Waals surface area contributed by atoms with Crippen LogP contribution in [0.4, 0.5) is 23.3 Å². The van der Waals surface area contributed by atoms with E-state index in [1.165, 1.54) is 19.1 Å². The maximum Gasteiger partial charge on any atom is 0.143 e. The Kier molecular flexibility index (Phi) is 5.03. The van der Waals surface area contributed by atoms with Crippen molar-refractivity contribution >= 4 is 29.5 Å². The summed E-state index contributed by atoms with van der Waals surface area (Å²) in [5, 5.41) is 18.3. The fourth-order valence-corrected chi connectivity index (χ4v) is 4.00. The number of nitrogen functional groups attached to an aromatic ring is 1. The van der Waals surface area contributed by atoms with Crippen LogP contribution in [-0.2, 0) is 4.74 Å². The van der Waals surface area contributed by atoms with Gasteiger partial charge in [-0.1, -0.05) is 0 Å². The number of H-pyrrole nitrogens is 1. The van der Waals surface area contributed by atoms with E-state index in [9.17, 15) is 0 Å². The zero-order valence-corrected chi connectivity index (χ0v) is 17.4. The predicted molar refractivity (Wildman–Crippen MR) is 121 cm³/mol. The first kappa shape index (κ1) is 19.5. The van der Waals surface area contributed by atoms with Crippen molar-refractivity contribution in [3.8, 4) is 11.1 Å². The van der Waals surface area contributed by atoms with Gasteiger partial charge in [0.05, 0.1) is 25.5 Å². The summed E-state index contributed by atoms with van der Waals surface area (Å²) in [4.78, 5) is 11.7. The van der Waals surface area contributed by atoms with Gasteiger partial charge < -0.3 is 26.1 Å². The molecule has 1 aliphatic carbocycles. The number of hydrogen-bond donors (Lipinski definition) is 4. The van der Waals surface area contributed by atoms with Crippen LogP contribution in [0, 0.1) is 5.41 Å². The van der Waals surface area contributed by atoms with E-state index in [-0.39, 0.29) is 6.04 Å². The van der Waals surface area contributed by atoms with Crippen LogP contribution in [0.3, 0.4) is 0 Å². The molecule has 3 aromatic heterocycles. The Morgan fingerprint density at radius 1 is 1.26 bits per heavy atom. The van der Waals surface area contributed by atoms with Crippen LogP contribution in [-0.4, -0.2) is 52.2 Å². The molecule has 160 valence electrons. The first-order valence-corrected chi connectivity index (χ1v) is 10.6. The lowest BCUT2D eigenvalue weighted by Crippen LogP contribution is -2.44. The molecule has 4 heterocycles. The highest BCUT2D eigenvalue weighted by atomic mass is 16.5. The van der Waals surface area contributed by atoms with Crippen LogP contribution in [0.5, 0.6) is 0 Å². The van der Waals surface area contributed by atoms with Gasteiger partial charge in [0, 0.05) is 47.1 Å². The quantitative estimate of drug-likeness (QED) is 0.452. The van der Waals surface area contributed by atoms with E-state index in [1.54, 1.807) is 6.20 Å². The number of aromatic amines is 1. The third-order valence-corrected chi connectivity index (χ3v) is 5.84. The van der Waals surface area contributed by atoms with Crippen molar-refractivity contribution in [3.05, 3.63) is 41.7 Å². The molecular formula is C22H26N8O. The second kappa shape index (κ2) is 7.99. The average Bonchev–Trinajstić information content (AvgIpc) is 3.50. The number of hydrogen-bond acceptors (Lipinski definition) is 8. The van der Waals surface area contributed by atoms with Gasteiger partial charge in [-0.2, -0.15) is 5.10 Å². The zero-order chi connectivity index (χ0) is 21.4. The molecule has 2 fully saturated rings.